The van der Waals surface area contributed by atoms with Gasteiger partial charge in [0, 0.05) is 5.02 Å². The van der Waals surface area contributed by atoms with Crippen LogP contribution in [0.25, 0.3) is 0 Å². The molecule has 1 rings (SSSR count). The molecule has 0 aromatic heterocycles. The summed E-state index contributed by atoms with van der Waals surface area (Å²) in [7, 11) is 0. The van der Waals surface area contributed by atoms with Gasteiger partial charge >= 0.3 is 0 Å². The van der Waals surface area contributed by atoms with Crippen molar-refractivity contribution in [3.8, 4) is 0 Å². The lowest BCUT2D eigenvalue weighted by molar-refractivity contribution is 0.507. The molecule has 16 heavy (non-hydrogen) atoms. The van der Waals surface area contributed by atoms with E-state index >= 15 is 0 Å². The molecule has 90 valence electrons. The minimum atomic E-state index is 0.0201. The van der Waals surface area contributed by atoms with Crippen LogP contribution in [0.1, 0.15) is 48.8 Å². The highest BCUT2D eigenvalue weighted by Gasteiger charge is 2.19. The first-order valence-corrected chi connectivity index (χ1v) is 6.69. The second-order valence-electron chi connectivity index (χ2n) is 4.63. The van der Waals surface area contributed by atoms with Crippen LogP contribution in [0.2, 0.25) is 5.02 Å². The van der Waals surface area contributed by atoms with Gasteiger partial charge in [0.2, 0.25) is 0 Å². The summed E-state index contributed by atoms with van der Waals surface area (Å²) in [6.07, 6.45) is 2.30. The maximum absolute atomic E-state index is 6.48. The minimum Gasteiger partial charge on any atom is -0.117 e. The van der Waals surface area contributed by atoms with Gasteiger partial charge in [-0.25, -0.2) is 0 Å². The lowest BCUT2D eigenvalue weighted by atomic mass is 9.94. The molecule has 0 radical (unpaired) electrons. The second-order valence-corrected chi connectivity index (χ2v) is 5.50. The molecule has 0 saturated heterocycles. The molecule has 0 spiro atoms. The van der Waals surface area contributed by atoms with E-state index in [1.165, 1.54) is 11.1 Å². The number of hydrogen-bond acceptors (Lipinski definition) is 0. The fourth-order valence-corrected chi connectivity index (χ4v) is 2.62. The third kappa shape index (κ3) is 3.15. The molecule has 0 aliphatic rings. The Balaban J connectivity index is 2.99. The quantitative estimate of drug-likeness (QED) is 0.611. The van der Waals surface area contributed by atoms with E-state index in [0.29, 0.717) is 5.92 Å². The van der Waals surface area contributed by atoms with E-state index in [0.717, 1.165) is 23.4 Å². The Morgan fingerprint density at radius 1 is 1.19 bits per heavy atom. The Morgan fingerprint density at radius 2 is 1.75 bits per heavy atom. The third-order valence-corrected chi connectivity index (χ3v) is 4.15. The van der Waals surface area contributed by atoms with Gasteiger partial charge in [0.05, 0.1) is 5.38 Å². The van der Waals surface area contributed by atoms with Gasteiger partial charge in [-0.05, 0) is 48.9 Å². The summed E-state index contributed by atoms with van der Waals surface area (Å²) in [5.74, 6) is 0.464. The molecule has 0 amide bonds. The summed E-state index contributed by atoms with van der Waals surface area (Å²) in [6.45, 7) is 8.54. The summed E-state index contributed by atoms with van der Waals surface area (Å²) >= 11 is 12.7. The van der Waals surface area contributed by atoms with Gasteiger partial charge in [-0.2, -0.15) is 0 Å². The summed E-state index contributed by atoms with van der Waals surface area (Å²) in [4.78, 5) is 0. The van der Waals surface area contributed by atoms with Crippen molar-refractivity contribution in [1.29, 1.82) is 0 Å². The second kappa shape index (κ2) is 5.93. The van der Waals surface area contributed by atoms with E-state index in [1.807, 2.05) is 6.07 Å². The molecule has 0 bridgehead atoms. The Morgan fingerprint density at radius 3 is 2.31 bits per heavy atom. The van der Waals surface area contributed by atoms with E-state index in [-0.39, 0.29) is 5.38 Å². The van der Waals surface area contributed by atoms with E-state index in [1.54, 1.807) is 0 Å². The molecule has 0 aliphatic carbocycles. The molecular weight excluding hydrogens is 239 g/mol. The molecule has 0 N–H and O–H groups in total. The van der Waals surface area contributed by atoms with Gasteiger partial charge in [0.1, 0.15) is 0 Å². The Bertz CT molecular complexity index is 358. The van der Waals surface area contributed by atoms with Crippen molar-refractivity contribution in [2.24, 2.45) is 5.92 Å². The number of halogens is 2. The van der Waals surface area contributed by atoms with Crippen LogP contribution in [-0.2, 0) is 0 Å². The molecule has 2 atom stereocenters. The normalized spacial score (nSPS) is 14.9. The Labute approximate surface area is 109 Å². The molecule has 0 aliphatic heterocycles. The third-order valence-electron chi connectivity index (χ3n) is 3.15. The van der Waals surface area contributed by atoms with E-state index < -0.39 is 0 Å². The molecule has 0 heterocycles. The van der Waals surface area contributed by atoms with Crippen molar-refractivity contribution >= 4 is 23.2 Å². The molecule has 2 unspecified atom stereocenters. The molecule has 1 aromatic carbocycles. The first-order chi connectivity index (χ1) is 7.47. The summed E-state index contributed by atoms with van der Waals surface area (Å²) in [6, 6.07) is 4.14. The largest absolute Gasteiger partial charge is 0.117 e. The lowest BCUT2D eigenvalue weighted by Crippen LogP contribution is -2.05. The highest BCUT2D eigenvalue weighted by atomic mass is 35.5. The van der Waals surface area contributed by atoms with Crippen LogP contribution in [0.4, 0.5) is 0 Å². The van der Waals surface area contributed by atoms with Crippen molar-refractivity contribution in [1.82, 2.24) is 0 Å². The first kappa shape index (κ1) is 13.9. The average Bonchev–Trinajstić information content (AvgIpc) is 2.23. The smallest absolute Gasteiger partial charge is 0.0625 e. The van der Waals surface area contributed by atoms with Crippen molar-refractivity contribution in [2.75, 3.05) is 0 Å². The van der Waals surface area contributed by atoms with Crippen molar-refractivity contribution in [3.63, 3.8) is 0 Å². The predicted octanol–water partition coefficient (Wildman–Crippen LogP) is 5.67. The number of benzene rings is 1. The minimum absolute atomic E-state index is 0.0201. The maximum Gasteiger partial charge on any atom is 0.0625 e. The first-order valence-electron chi connectivity index (χ1n) is 5.88. The molecule has 1 aromatic rings. The number of hydrogen-bond donors (Lipinski definition) is 0. The Hall–Kier alpha value is -0.200. The fraction of sp³-hybridized carbons (Fsp3) is 0.571. The molecule has 0 nitrogen and oxygen atoms in total. The highest BCUT2D eigenvalue weighted by Crippen LogP contribution is 2.37. The van der Waals surface area contributed by atoms with Crippen LogP contribution in [0.5, 0.6) is 0 Å². The van der Waals surface area contributed by atoms with Crippen LogP contribution < -0.4 is 0 Å². The van der Waals surface area contributed by atoms with Gasteiger partial charge in [-0.1, -0.05) is 37.9 Å². The van der Waals surface area contributed by atoms with Gasteiger partial charge in [0.15, 0.2) is 0 Å². The predicted molar refractivity (Wildman–Crippen MR) is 73.6 cm³/mol. The van der Waals surface area contributed by atoms with Gasteiger partial charge in [-0.3, -0.25) is 0 Å². The fourth-order valence-electron chi connectivity index (χ4n) is 1.92. The van der Waals surface area contributed by atoms with Crippen LogP contribution in [0.3, 0.4) is 0 Å². The van der Waals surface area contributed by atoms with Crippen molar-refractivity contribution in [3.05, 3.63) is 33.8 Å². The van der Waals surface area contributed by atoms with Gasteiger partial charge in [0.25, 0.3) is 0 Å². The van der Waals surface area contributed by atoms with Crippen LogP contribution in [0, 0.1) is 19.8 Å². The summed E-state index contributed by atoms with van der Waals surface area (Å²) in [5, 5.41) is 0.817. The van der Waals surface area contributed by atoms with Gasteiger partial charge in [-0.15, -0.1) is 11.6 Å². The lowest BCUT2D eigenvalue weighted by Gasteiger charge is -2.20. The Kier molecular flexibility index (Phi) is 5.14. The maximum atomic E-state index is 6.48. The number of aryl methyl sites for hydroxylation is 2. The molecule has 0 saturated carbocycles. The molecule has 0 fully saturated rings. The topological polar surface area (TPSA) is 0 Å². The molecular formula is C14H20Cl2. The van der Waals surface area contributed by atoms with Crippen molar-refractivity contribution < 1.29 is 0 Å². The summed E-state index contributed by atoms with van der Waals surface area (Å²) < 4.78 is 0. The average molecular weight is 259 g/mol. The monoisotopic (exact) mass is 258 g/mol. The van der Waals surface area contributed by atoms with E-state index in [2.05, 4.69) is 33.8 Å². The SMILES string of the molecule is CCCC(C)C(Cl)c1cc(C)c(C)cc1Cl. The zero-order chi connectivity index (χ0) is 12.3. The standard InChI is InChI=1S/C14H20Cl2/c1-5-6-9(2)14(16)12-7-10(3)11(4)8-13(12)15/h7-9,14H,5-6H2,1-4H3. The van der Waals surface area contributed by atoms with Gasteiger partial charge < -0.3 is 0 Å². The van der Waals surface area contributed by atoms with E-state index in [9.17, 15) is 0 Å². The number of rotatable bonds is 4. The van der Waals surface area contributed by atoms with Crippen LogP contribution in [-0.4, -0.2) is 0 Å². The van der Waals surface area contributed by atoms with Crippen LogP contribution in [0.15, 0.2) is 12.1 Å². The number of alkyl halides is 1. The summed E-state index contributed by atoms with van der Waals surface area (Å²) in [5.41, 5.74) is 3.56. The van der Waals surface area contributed by atoms with Crippen molar-refractivity contribution in [2.45, 2.75) is 45.9 Å². The van der Waals surface area contributed by atoms with Crippen LogP contribution >= 0.6 is 23.2 Å². The van der Waals surface area contributed by atoms with E-state index in [4.69, 9.17) is 23.2 Å². The highest BCUT2D eigenvalue weighted by molar-refractivity contribution is 6.32. The zero-order valence-corrected chi connectivity index (χ0v) is 12.0. The molecule has 2 heteroatoms. The zero-order valence-electron chi connectivity index (χ0n) is 10.5.